The Morgan fingerprint density at radius 2 is 1.48 bits per heavy atom. The molecule has 158 valence electrons. The molecule has 0 bridgehead atoms. The van der Waals surface area contributed by atoms with Crippen LogP contribution in [0.15, 0.2) is 36.4 Å². The summed E-state index contributed by atoms with van der Waals surface area (Å²) in [6.45, 7) is 2.23. The molecule has 1 fully saturated rings. The fourth-order valence-electron chi connectivity index (χ4n) is 4.43. The van der Waals surface area contributed by atoms with Gasteiger partial charge in [0.1, 0.15) is 17.2 Å². The third-order valence-electron chi connectivity index (χ3n) is 6.10. The van der Waals surface area contributed by atoms with Crippen molar-refractivity contribution in [3.05, 3.63) is 59.2 Å². The molecule has 0 radical (unpaired) electrons. The fraction of sp³-hybridized carbons (Fsp3) is 0.500. The smallest absolute Gasteiger partial charge is 0.206 e. The molecule has 0 N–H and O–H groups in total. The van der Waals surface area contributed by atoms with Gasteiger partial charge in [-0.3, -0.25) is 0 Å². The summed E-state index contributed by atoms with van der Waals surface area (Å²) in [5.41, 5.74) is 0.626. The molecule has 0 amide bonds. The fourth-order valence-corrected chi connectivity index (χ4v) is 4.61. The topological polar surface area (TPSA) is 0 Å². The summed E-state index contributed by atoms with van der Waals surface area (Å²) in [4.78, 5) is 0. The van der Waals surface area contributed by atoms with Gasteiger partial charge in [0.15, 0.2) is 0 Å². The monoisotopic (exact) mass is 426 g/mol. The van der Waals surface area contributed by atoms with Gasteiger partial charge in [-0.1, -0.05) is 56.9 Å². The van der Waals surface area contributed by atoms with Gasteiger partial charge in [-0.2, -0.15) is 8.78 Å². The average Bonchev–Trinajstić information content (AvgIpc) is 2.67. The first-order valence-electron chi connectivity index (χ1n) is 10.5. The Morgan fingerprint density at radius 1 is 0.897 bits per heavy atom. The van der Waals surface area contributed by atoms with Crippen LogP contribution in [0.2, 0.25) is 0 Å². The summed E-state index contributed by atoms with van der Waals surface area (Å²) in [6, 6.07) is 9.38. The number of rotatable bonds is 7. The second-order valence-corrected chi connectivity index (χ2v) is 8.62. The minimum absolute atomic E-state index is 0.218. The molecule has 0 unspecified atom stereocenters. The minimum atomic E-state index is -4.08. The molecule has 0 atom stereocenters. The van der Waals surface area contributed by atoms with Gasteiger partial charge in [-0.15, -0.1) is 0 Å². The standard InChI is InChI=1S/C24H27ClF4/c1-2-3-4-5-16-6-8-17(9-7-16)18-10-12-19(13-11-18)20-14-21(26)23(22(27)15-20)24(25,28)29/h10-17H,2-9H2,1H3. The molecule has 1 saturated carbocycles. The van der Waals surface area contributed by atoms with Crippen molar-refractivity contribution in [1.29, 1.82) is 0 Å². The SMILES string of the molecule is CCCCCC1CCC(c2ccc(-c3cc(F)c(C(F)(F)Cl)c(F)c3)cc2)CC1. The molecule has 3 rings (SSSR count). The zero-order valence-corrected chi connectivity index (χ0v) is 17.4. The van der Waals surface area contributed by atoms with Crippen LogP contribution in [0.5, 0.6) is 0 Å². The van der Waals surface area contributed by atoms with Crippen LogP contribution >= 0.6 is 11.6 Å². The lowest BCUT2D eigenvalue weighted by Crippen LogP contribution is -2.13. The number of benzene rings is 2. The maximum atomic E-state index is 14.0. The third kappa shape index (κ3) is 5.53. The molecule has 5 heteroatoms. The number of hydrogen-bond acceptors (Lipinski definition) is 0. The number of hydrogen-bond donors (Lipinski definition) is 0. The third-order valence-corrected chi connectivity index (χ3v) is 6.29. The molecule has 29 heavy (non-hydrogen) atoms. The molecule has 0 spiro atoms. The van der Waals surface area contributed by atoms with Crippen LogP contribution in [0.3, 0.4) is 0 Å². The van der Waals surface area contributed by atoms with Gasteiger partial charge in [0.2, 0.25) is 0 Å². The Kier molecular flexibility index (Phi) is 7.26. The van der Waals surface area contributed by atoms with E-state index in [1.165, 1.54) is 56.9 Å². The van der Waals surface area contributed by atoms with Gasteiger partial charge >= 0.3 is 5.38 Å². The Labute approximate surface area is 175 Å². The zero-order chi connectivity index (χ0) is 21.0. The molecule has 0 aliphatic heterocycles. The van der Waals surface area contributed by atoms with Crippen LogP contribution < -0.4 is 0 Å². The summed E-state index contributed by atoms with van der Waals surface area (Å²) < 4.78 is 54.3. The number of halogens is 5. The van der Waals surface area contributed by atoms with E-state index in [2.05, 4.69) is 6.92 Å². The highest BCUT2D eigenvalue weighted by Crippen LogP contribution is 2.40. The van der Waals surface area contributed by atoms with Crippen molar-refractivity contribution in [2.75, 3.05) is 0 Å². The Hall–Kier alpha value is -1.55. The largest absolute Gasteiger partial charge is 0.353 e. The van der Waals surface area contributed by atoms with E-state index < -0.39 is 22.6 Å². The van der Waals surface area contributed by atoms with Crippen molar-refractivity contribution in [3.63, 3.8) is 0 Å². The minimum Gasteiger partial charge on any atom is -0.206 e. The average molecular weight is 427 g/mol. The van der Waals surface area contributed by atoms with Crippen molar-refractivity contribution in [2.24, 2.45) is 5.92 Å². The maximum absolute atomic E-state index is 14.0. The van der Waals surface area contributed by atoms with Gasteiger partial charge in [0.25, 0.3) is 0 Å². The molecular weight excluding hydrogens is 400 g/mol. The number of unbranched alkanes of at least 4 members (excludes halogenated alkanes) is 2. The normalized spacial score (nSPS) is 20.1. The Bertz CT molecular complexity index is 780. The van der Waals surface area contributed by atoms with E-state index in [1.807, 2.05) is 12.1 Å². The van der Waals surface area contributed by atoms with Gasteiger partial charge in [-0.25, -0.2) is 8.78 Å². The van der Waals surface area contributed by atoms with E-state index in [9.17, 15) is 17.6 Å². The van der Waals surface area contributed by atoms with Gasteiger partial charge < -0.3 is 0 Å². The van der Waals surface area contributed by atoms with Crippen LogP contribution in [0.25, 0.3) is 11.1 Å². The first-order valence-corrected chi connectivity index (χ1v) is 10.8. The van der Waals surface area contributed by atoms with Crippen molar-refractivity contribution in [1.82, 2.24) is 0 Å². The first kappa shape index (κ1) is 22.1. The summed E-state index contributed by atoms with van der Waals surface area (Å²) in [5, 5.41) is -4.08. The van der Waals surface area contributed by atoms with E-state index >= 15 is 0 Å². The van der Waals surface area contributed by atoms with Crippen molar-refractivity contribution in [3.8, 4) is 11.1 Å². The van der Waals surface area contributed by atoms with E-state index in [0.717, 1.165) is 18.1 Å². The van der Waals surface area contributed by atoms with Crippen LogP contribution in [-0.2, 0) is 5.38 Å². The molecule has 1 aliphatic rings. The lowest BCUT2D eigenvalue weighted by atomic mass is 9.77. The highest BCUT2D eigenvalue weighted by molar-refractivity contribution is 6.21. The van der Waals surface area contributed by atoms with Gasteiger partial charge in [-0.05, 0) is 77.9 Å². The van der Waals surface area contributed by atoms with E-state index in [-0.39, 0.29) is 5.56 Å². The lowest BCUT2D eigenvalue weighted by Gasteiger charge is -2.29. The summed E-state index contributed by atoms with van der Waals surface area (Å²) in [5.74, 6) is -1.34. The van der Waals surface area contributed by atoms with Crippen LogP contribution in [-0.4, -0.2) is 0 Å². The van der Waals surface area contributed by atoms with Gasteiger partial charge in [0.05, 0.1) is 0 Å². The first-order chi connectivity index (χ1) is 13.8. The Balaban J connectivity index is 1.67. The molecule has 0 saturated heterocycles. The summed E-state index contributed by atoms with van der Waals surface area (Å²) in [7, 11) is 0. The Morgan fingerprint density at radius 3 is 2.00 bits per heavy atom. The molecule has 2 aromatic carbocycles. The van der Waals surface area contributed by atoms with Crippen LogP contribution in [0.4, 0.5) is 17.6 Å². The maximum Gasteiger partial charge on any atom is 0.353 e. The van der Waals surface area contributed by atoms with Crippen LogP contribution in [0, 0.1) is 17.6 Å². The van der Waals surface area contributed by atoms with E-state index in [1.54, 1.807) is 12.1 Å². The van der Waals surface area contributed by atoms with Crippen molar-refractivity contribution >= 4 is 11.6 Å². The predicted molar refractivity (Wildman–Crippen MR) is 110 cm³/mol. The molecule has 1 aliphatic carbocycles. The second kappa shape index (κ2) is 9.51. The summed E-state index contributed by atoms with van der Waals surface area (Å²) >= 11 is 4.81. The zero-order valence-electron chi connectivity index (χ0n) is 16.7. The molecule has 0 aromatic heterocycles. The molecule has 2 aromatic rings. The van der Waals surface area contributed by atoms with Crippen molar-refractivity contribution in [2.45, 2.75) is 69.6 Å². The second-order valence-electron chi connectivity index (χ2n) is 8.15. The highest BCUT2D eigenvalue weighted by Gasteiger charge is 2.35. The quantitative estimate of drug-likeness (QED) is 0.236. The van der Waals surface area contributed by atoms with Gasteiger partial charge in [0, 0.05) is 0 Å². The lowest BCUT2D eigenvalue weighted by molar-refractivity contribution is 0.0859. The van der Waals surface area contributed by atoms with Crippen LogP contribution in [0.1, 0.15) is 75.3 Å². The van der Waals surface area contributed by atoms with E-state index in [4.69, 9.17) is 11.6 Å². The molecular formula is C24H27ClF4. The molecule has 0 heterocycles. The number of alkyl halides is 3. The predicted octanol–water partition coefficient (Wildman–Crippen LogP) is 8.77. The molecule has 0 nitrogen and oxygen atoms in total. The van der Waals surface area contributed by atoms with Crippen molar-refractivity contribution < 1.29 is 17.6 Å². The summed E-state index contributed by atoms with van der Waals surface area (Å²) in [6.07, 6.45) is 10.0. The highest BCUT2D eigenvalue weighted by atomic mass is 35.5. The van der Waals surface area contributed by atoms with E-state index in [0.29, 0.717) is 11.5 Å².